The van der Waals surface area contributed by atoms with Crippen molar-refractivity contribution in [3.8, 4) is 0 Å². The van der Waals surface area contributed by atoms with Crippen LogP contribution in [0.4, 0.5) is 5.82 Å². The fourth-order valence-electron chi connectivity index (χ4n) is 4.38. The smallest absolute Gasteiger partial charge is 0.221 e. The van der Waals surface area contributed by atoms with Gasteiger partial charge in [0.25, 0.3) is 0 Å². The molecular weight excluding hydrogens is 340 g/mol. The van der Waals surface area contributed by atoms with Gasteiger partial charge in [-0.15, -0.1) is 0 Å². The molecule has 2 N–H and O–H groups in total. The van der Waals surface area contributed by atoms with Crippen molar-refractivity contribution >= 4 is 22.8 Å². The number of amides is 1. The molecule has 0 atom stereocenters. The first kappa shape index (κ1) is 18.2. The Morgan fingerprint density at radius 2 is 1.85 bits per heavy atom. The third kappa shape index (κ3) is 4.22. The van der Waals surface area contributed by atoms with Gasteiger partial charge in [0, 0.05) is 32.0 Å². The molecule has 0 radical (unpaired) electrons. The highest BCUT2D eigenvalue weighted by Crippen LogP contribution is 2.34. The number of aryl methyl sites for hydroxylation is 1. The van der Waals surface area contributed by atoms with E-state index in [1.54, 1.807) is 10.9 Å². The van der Waals surface area contributed by atoms with E-state index in [9.17, 15) is 4.79 Å². The van der Waals surface area contributed by atoms with Crippen LogP contribution >= 0.6 is 0 Å². The van der Waals surface area contributed by atoms with E-state index in [2.05, 4.69) is 15.7 Å². The Balaban J connectivity index is 1.40. The third-order valence-electron chi connectivity index (χ3n) is 5.94. The minimum absolute atomic E-state index is 0.127. The van der Waals surface area contributed by atoms with Crippen LogP contribution in [0.15, 0.2) is 6.20 Å². The van der Waals surface area contributed by atoms with E-state index >= 15 is 0 Å². The quantitative estimate of drug-likeness (QED) is 0.815. The van der Waals surface area contributed by atoms with Crippen LogP contribution in [0, 0.1) is 0 Å². The van der Waals surface area contributed by atoms with Crippen LogP contribution < -0.4 is 10.6 Å². The van der Waals surface area contributed by atoms with Crippen molar-refractivity contribution in [2.45, 2.75) is 76.2 Å². The van der Waals surface area contributed by atoms with Crippen LogP contribution in [0.5, 0.6) is 0 Å². The lowest BCUT2D eigenvalue weighted by Gasteiger charge is -2.22. The molecule has 2 heterocycles. The average molecular weight is 371 g/mol. The molecule has 1 amide bonds. The van der Waals surface area contributed by atoms with Crippen molar-refractivity contribution in [2.24, 2.45) is 7.05 Å². The van der Waals surface area contributed by atoms with E-state index in [0.29, 0.717) is 24.9 Å². The van der Waals surface area contributed by atoms with Gasteiger partial charge in [0.1, 0.15) is 11.6 Å². The average Bonchev–Trinajstić information content (AvgIpc) is 3.33. The summed E-state index contributed by atoms with van der Waals surface area (Å²) in [7, 11) is 1.91. The normalized spacial score (nSPS) is 18.9. The topological polar surface area (TPSA) is 84.7 Å². The highest BCUT2D eigenvalue weighted by atomic mass is 16.1. The third-order valence-corrected chi connectivity index (χ3v) is 5.94. The summed E-state index contributed by atoms with van der Waals surface area (Å²) in [4.78, 5) is 21.8. The molecule has 0 saturated heterocycles. The minimum atomic E-state index is 0.127. The van der Waals surface area contributed by atoms with Gasteiger partial charge < -0.3 is 10.6 Å². The van der Waals surface area contributed by atoms with Crippen LogP contribution in [0.1, 0.15) is 76.0 Å². The Labute approximate surface area is 160 Å². The molecule has 0 spiro atoms. The zero-order valence-electron chi connectivity index (χ0n) is 16.2. The maximum atomic E-state index is 12.2. The van der Waals surface area contributed by atoms with Crippen LogP contribution in [0.2, 0.25) is 0 Å². The van der Waals surface area contributed by atoms with E-state index < -0.39 is 0 Å². The number of nitrogens with zero attached hydrogens (tertiary/aromatic N) is 4. The second kappa shape index (κ2) is 8.23. The van der Waals surface area contributed by atoms with Gasteiger partial charge in [-0.05, 0) is 25.7 Å². The molecule has 146 valence electrons. The summed E-state index contributed by atoms with van der Waals surface area (Å²) < 4.78 is 1.80. The number of nitrogens with one attached hydrogen (secondary N) is 2. The molecule has 2 saturated carbocycles. The van der Waals surface area contributed by atoms with Gasteiger partial charge in [-0.1, -0.05) is 32.1 Å². The molecule has 2 aromatic rings. The lowest BCUT2D eigenvalue weighted by Crippen LogP contribution is -2.36. The molecule has 0 unspecified atom stereocenters. The number of carbonyl (C=O) groups is 1. The zero-order valence-corrected chi connectivity index (χ0v) is 16.2. The second-order valence-corrected chi connectivity index (χ2v) is 8.00. The summed E-state index contributed by atoms with van der Waals surface area (Å²) in [6.45, 7) is 0.573. The van der Waals surface area contributed by atoms with Crippen molar-refractivity contribution in [3.63, 3.8) is 0 Å². The van der Waals surface area contributed by atoms with Crippen LogP contribution in [-0.2, 0) is 11.8 Å². The van der Waals surface area contributed by atoms with Crippen molar-refractivity contribution in [1.82, 2.24) is 25.1 Å². The van der Waals surface area contributed by atoms with Crippen LogP contribution in [-0.4, -0.2) is 38.2 Å². The van der Waals surface area contributed by atoms with Gasteiger partial charge in [0.15, 0.2) is 5.65 Å². The highest BCUT2D eigenvalue weighted by molar-refractivity contribution is 5.86. The standard InChI is InChI=1S/C20H30N6O/c1-26-20-16(13-22-26)19(24-18(25-20)14-7-5-6-8-14)21-12-11-17(27)23-15-9-3-2-4-10-15/h13-15H,2-12H2,1H3,(H,23,27)(H,21,24,25). The van der Waals surface area contributed by atoms with Crippen molar-refractivity contribution in [2.75, 3.05) is 11.9 Å². The fraction of sp³-hybridized carbons (Fsp3) is 0.700. The SMILES string of the molecule is Cn1ncc2c(NCCC(=O)NC3CCCCC3)nc(C3CCCC3)nc21. The predicted molar refractivity (Wildman–Crippen MR) is 106 cm³/mol. The summed E-state index contributed by atoms with van der Waals surface area (Å²) in [5.74, 6) is 2.29. The Kier molecular flexibility index (Phi) is 5.55. The number of hydrogen-bond acceptors (Lipinski definition) is 5. The minimum Gasteiger partial charge on any atom is -0.369 e. The number of hydrogen-bond donors (Lipinski definition) is 2. The van der Waals surface area contributed by atoms with Gasteiger partial charge in [0.05, 0.1) is 11.6 Å². The fourth-order valence-corrected chi connectivity index (χ4v) is 4.38. The van der Waals surface area contributed by atoms with Gasteiger partial charge in [-0.2, -0.15) is 5.10 Å². The molecular formula is C20H30N6O. The maximum Gasteiger partial charge on any atom is 0.221 e. The lowest BCUT2D eigenvalue weighted by atomic mass is 9.95. The van der Waals surface area contributed by atoms with Gasteiger partial charge in [0.2, 0.25) is 5.91 Å². The molecule has 4 rings (SSSR count). The molecule has 27 heavy (non-hydrogen) atoms. The van der Waals surface area contributed by atoms with Crippen molar-refractivity contribution in [3.05, 3.63) is 12.0 Å². The Morgan fingerprint density at radius 3 is 2.63 bits per heavy atom. The monoisotopic (exact) mass is 370 g/mol. The number of rotatable bonds is 6. The second-order valence-electron chi connectivity index (χ2n) is 8.00. The van der Waals surface area contributed by atoms with Crippen molar-refractivity contribution in [1.29, 1.82) is 0 Å². The van der Waals surface area contributed by atoms with Gasteiger partial charge in [-0.25, -0.2) is 9.97 Å². The van der Waals surface area contributed by atoms with E-state index in [1.807, 2.05) is 7.05 Å². The molecule has 2 fully saturated rings. The van der Waals surface area contributed by atoms with Gasteiger partial charge in [-0.3, -0.25) is 9.48 Å². The lowest BCUT2D eigenvalue weighted by molar-refractivity contribution is -0.121. The van der Waals surface area contributed by atoms with Crippen molar-refractivity contribution < 1.29 is 4.79 Å². The number of anilines is 1. The highest BCUT2D eigenvalue weighted by Gasteiger charge is 2.22. The summed E-state index contributed by atoms with van der Waals surface area (Å²) in [6.07, 6.45) is 13.1. The summed E-state index contributed by atoms with van der Waals surface area (Å²) in [5.41, 5.74) is 0.862. The molecule has 7 heteroatoms. The first-order chi connectivity index (χ1) is 13.2. The number of fused-ring (bicyclic) bond motifs is 1. The van der Waals surface area contributed by atoms with E-state index in [4.69, 9.17) is 9.97 Å². The number of carbonyl (C=O) groups excluding carboxylic acids is 1. The molecule has 7 nitrogen and oxygen atoms in total. The summed E-state index contributed by atoms with van der Waals surface area (Å²) >= 11 is 0. The summed E-state index contributed by atoms with van der Waals surface area (Å²) in [6, 6.07) is 0.365. The summed E-state index contributed by atoms with van der Waals surface area (Å²) in [5, 5.41) is 11.8. The molecule has 0 aromatic carbocycles. The van der Waals surface area contributed by atoms with E-state index in [-0.39, 0.29) is 5.91 Å². The molecule has 2 aliphatic carbocycles. The Morgan fingerprint density at radius 1 is 1.11 bits per heavy atom. The van der Waals surface area contributed by atoms with Crippen LogP contribution in [0.25, 0.3) is 11.0 Å². The molecule has 2 aromatic heterocycles. The van der Waals surface area contributed by atoms with Crippen LogP contribution in [0.3, 0.4) is 0 Å². The molecule has 2 aliphatic rings. The molecule has 0 bridgehead atoms. The number of aromatic nitrogens is 4. The Bertz CT molecular complexity index is 789. The maximum absolute atomic E-state index is 12.2. The van der Waals surface area contributed by atoms with E-state index in [1.165, 1.54) is 32.1 Å². The largest absolute Gasteiger partial charge is 0.369 e. The first-order valence-corrected chi connectivity index (χ1v) is 10.4. The first-order valence-electron chi connectivity index (χ1n) is 10.4. The predicted octanol–water partition coefficient (Wildman–Crippen LogP) is 3.27. The van der Waals surface area contributed by atoms with Gasteiger partial charge >= 0.3 is 0 Å². The van der Waals surface area contributed by atoms with E-state index in [0.717, 1.165) is 48.4 Å². The zero-order chi connectivity index (χ0) is 18.6. The Hall–Kier alpha value is -2.18. The molecule has 0 aliphatic heterocycles.